The number of carbonyl (C=O) groups is 1. The van der Waals surface area contributed by atoms with Gasteiger partial charge in [-0.05, 0) is 64.7 Å². The van der Waals surface area contributed by atoms with Crippen LogP contribution in [0.5, 0.6) is 0 Å². The summed E-state index contributed by atoms with van der Waals surface area (Å²) in [6.07, 6.45) is 3.62. The highest BCUT2D eigenvalue weighted by molar-refractivity contribution is 5.95. The second kappa shape index (κ2) is 6.93. The number of carbonyl (C=O) groups excluding carboxylic acids is 1. The summed E-state index contributed by atoms with van der Waals surface area (Å²) < 4.78 is 5.38. The van der Waals surface area contributed by atoms with Gasteiger partial charge in [0.1, 0.15) is 11.5 Å². The van der Waals surface area contributed by atoms with E-state index in [4.69, 9.17) is 4.42 Å². The maximum atomic E-state index is 12.0. The molecule has 1 aliphatic rings. The van der Waals surface area contributed by atoms with Crippen LogP contribution in [0, 0.1) is 19.8 Å². The molecule has 4 heteroatoms. The molecule has 0 aliphatic carbocycles. The number of hydrogen-bond donors (Lipinski definition) is 1. The molecular formula is C16H26N2O2. The summed E-state index contributed by atoms with van der Waals surface area (Å²) in [6.45, 7) is 10.2. The van der Waals surface area contributed by atoms with Gasteiger partial charge in [-0.2, -0.15) is 0 Å². The van der Waals surface area contributed by atoms with Crippen LogP contribution in [0.3, 0.4) is 0 Å². The monoisotopic (exact) mass is 278 g/mol. The molecule has 112 valence electrons. The van der Waals surface area contributed by atoms with Crippen molar-refractivity contribution in [3.8, 4) is 0 Å². The minimum absolute atomic E-state index is 0.0217. The first-order chi connectivity index (χ1) is 9.56. The fourth-order valence-corrected chi connectivity index (χ4v) is 2.74. The zero-order valence-corrected chi connectivity index (χ0v) is 12.9. The molecule has 0 spiro atoms. The third-order valence-electron chi connectivity index (χ3n) is 4.10. The third kappa shape index (κ3) is 4.10. The molecule has 0 saturated carbocycles. The van der Waals surface area contributed by atoms with Crippen LogP contribution in [0.25, 0.3) is 0 Å². The molecule has 0 radical (unpaired) electrons. The standard InChI is InChI=1S/C16H26N2O2/c1-12-5-9-18(10-6-12)8-4-7-17-16(19)15-11-13(2)20-14(15)3/h11-12H,4-10H2,1-3H3,(H,17,19). The van der Waals surface area contributed by atoms with E-state index in [1.807, 2.05) is 13.8 Å². The van der Waals surface area contributed by atoms with E-state index in [1.165, 1.54) is 25.9 Å². The van der Waals surface area contributed by atoms with Crippen molar-refractivity contribution < 1.29 is 9.21 Å². The molecule has 1 aliphatic heterocycles. The number of nitrogens with zero attached hydrogens (tertiary/aromatic N) is 1. The molecule has 4 nitrogen and oxygen atoms in total. The smallest absolute Gasteiger partial charge is 0.254 e. The summed E-state index contributed by atoms with van der Waals surface area (Å²) in [4.78, 5) is 14.5. The molecule has 1 aromatic rings. The first-order valence-corrected chi connectivity index (χ1v) is 7.64. The summed E-state index contributed by atoms with van der Waals surface area (Å²) in [5.74, 6) is 2.34. The van der Waals surface area contributed by atoms with Gasteiger partial charge < -0.3 is 14.6 Å². The molecule has 1 amide bonds. The first-order valence-electron chi connectivity index (χ1n) is 7.64. The molecule has 0 bridgehead atoms. The molecule has 0 aromatic carbocycles. The van der Waals surface area contributed by atoms with E-state index in [-0.39, 0.29) is 5.91 Å². The van der Waals surface area contributed by atoms with Gasteiger partial charge in [-0.25, -0.2) is 0 Å². The average molecular weight is 278 g/mol. The number of piperidine rings is 1. The van der Waals surface area contributed by atoms with Crippen LogP contribution in [-0.4, -0.2) is 37.0 Å². The average Bonchev–Trinajstić information content (AvgIpc) is 2.75. The van der Waals surface area contributed by atoms with Gasteiger partial charge in [-0.1, -0.05) is 6.92 Å². The number of furan rings is 1. The number of rotatable bonds is 5. The SMILES string of the molecule is Cc1cc(C(=O)NCCCN2CCC(C)CC2)c(C)o1. The molecule has 0 atom stereocenters. The van der Waals surface area contributed by atoms with Gasteiger partial charge in [0.2, 0.25) is 0 Å². The van der Waals surface area contributed by atoms with Crippen molar-refractivity contribution >= 4 is 5.91 Å². The first kappa shape index (κ1) is 15.1. The van der Waals surface area contributed by atoms with Gasteiger partial charge in [0, 0.05) is 6.54 Å². The van der Waals surface area contributed by atoms with Gasteiger partial charge in [-0.15, -0.1) is 0 Å². The Morgan fingerprint density at radius 3 is 2.70 bits per heavy atom. The predicted octanol–water partition coefficient (Wildman–Crippen LogP) is 2.75. The summed E-state index contributed by atoms with van der Waals surface area (Å²) in [6, 6.07) is 1.80. The van der Waals surface area contributed by atoms with Crippen LogP contribution in [0.15, 0.2) is 10.5 Å². The fraction of sp³-hybridized carbons (Fsp3) is 0.688. The van der Waals surface area contributed by atoms with E-state index < -0.39 is 0 Å². The van der Waals surface area contributed by atoms with E-state index in [2.05, 4.69) is 17.1 Å². The number of nitrogens with one attached hydrogen (secondary N) is 1. The predicted molar refractivity (Wildman–Crippen MR) is 80.0 cm³/mol. The lowest BCUT2D eigenvalue weighted by atomic mass is 9.99. The van der Waals surface area contributed by atoms with Crippen molar-refractivity contribution in [1.82, 2.24) is 10.2 Å². The quantitative estimate of drug-likeness (QED) is 0.842. The van der Waals surface area contributed by atoms with Crippen molar-refractivity contribution in [2.75, 3.05) is 26.2 Å². The second-order valence-electron chi connectivity index (χ2n) is 5.96. The van der Waals surface area contributed by atoms with Crippen LogP contribution in [0.4, 0.5) is 0 Å². The fourth-order valence-electron chi connectivity index (χ4n) is 2.74. The highest BCUT2D eigenvalue weighted by Crippen LogP contribution is 2.16. The van der Waals surface area contributed by atoms with Crippen molar-refractivity contribution in [2.24, 2.45) is 5.92 Å². The number of hydrogen-bond acceptors (Lipinski definition) is 3. The van der Waals surface area contributed by atoms with Gasteiger partial charge in [-0.3, -0.25) is 4.79 Å². The largest absolute Gasteiger partial charge is 0.466 e. The third-order valence-corrected chi connectivity index (χ3v) is 4.10. The van der Waals surface area contributed by atoms with E-state index in [1.54, 1.807) is 6.07 Å². The van der Waals surface area contributed by atoms with Crippen molar-refractivity contribution in [1.29, 1.82) is 0 Å². The van der Waals surface area contributed by atoms with Crippen LogP contribution in [0.1, 0.15) is 48.1 Å². The highest BCUT2D eigenvalue weighted by atomic mass is 16.3. The van der Waals surface area contributed by atoms with Gasteiger partial charge in [0.25, 0.3) is 5.91 Å². The van der Waals surface area contributed by atoms with Crippen LogP contribution in [0.2, 0.25) is 0 Å². The lowest BCUT2D eigenvalue weighted by Gasteiger charge is -2.30. The molecular weight excluding hydrogens is 252 g/mol. The Morgan fingerprint density at radius 1 is 1.40 bits per heavy atom. The normalized spacial score (nSPS) is 17.4. The van der Waals surface area contributed by atoms with Crippen molar-refractivity contribution in [3.05, 3.63) is 23.2 Å². The number of aryl methyl sites for hydroxylation is 2. The Labute approximate surface area is 121 Å². The van der Waals surface area contributed by atoms with E-state index in [0.717, 1.165) is 31.2 Å². The lowest BCUT2D eigenvalue weighted by molar-refractivity contribution is 0.0949. The maximum Gasteiger partial charge on any atom is 0.254 e. The summed E-state index contributed by atoms with van der Waals surface area (Å²) in [7, 11) is 0. The maximum absolute atomic E-state index is 12.0. The molecule has 1 fully saturated rings. The zero-order chi connectivity index (χ0) is 14.5. The highest BCUT2D eigenvalue weighted by Gasteiger charge is 2.15. The molecule has 2 rings (SSSR count). The summed E-state index contributed by atoms with van der Waals surface area (Å²) >= 11 is 0. The summed E-state index contributed by atoms with van der Waals surface area (Å²) in [5, 5.41) is 2.98. The van der Waals surface area contributed by atoms with E-state index in [0.29, 0.717) is 11.3 Å². The lowest BCUT2D eigenvalue weighted by Crippen LogP contribution is -2.35. The van der Waals surface area contributed by atoms with Gasteiger partial charge in [0.05, 0.1) is 5.56 Å². The van der Waals surface area contributed by atoms with Gasteiger partial charge in [0.15, 0.2) is 0 Å². The molecule has 1 aromatic heterocycles. The zero-order valence-electron chi connectivity index (χ0n) is 12.9. The van der Waals surface area contributed by atoms with Crippen molar-refractivity contribution in [3.63, 3.8) is 0 Å². The van der Waals surface area contributed by atoms with Gasteiger partial charge >= 0.3 is 0 Å². The number of likely N-dealkylation sites (tertiary alicyclic amines) is 1. The minimum Gasteiger partial charge on any atom is -0.466 e. The topological polar surface area (TPSA) is 45.5 Å². The number of amides is 1. The van der Waals surface area contributed by atoms with Crippen LogP contribution in [-0.2, 0) is 0 Å². The van der Waals surface area contributed by atoms with Crippen LogP contribution < -0.4 is 5.32 Å². The Balaban J connectivity index is 1.66. The molecule has 2 heterocycles. The molecule has 1 N–H and O–H groups in total. The molecule has 20 heavy (non-hydrogen) atoms. The Hall–Kier alpha value is -1.29. The summed E-state index contributed by atoms with van der Waals surface area (Å²) in [5.41, 5.74) is 0.661. The Bertz CT molecular complexity index is 445. The Kier molecular flexibility index (Phi) is 5.24. The van der Waals surface area contributed by atoms with Crippen LogP contribution >= 0.6 is 0 Å². The van der Waals surface area contributed by atoms with E-state index in [9.17, 15) is 4.79 Å². The van der Waals surface area contributed by atoms with E-state index >= 15 is 0 Å². The molecule has 0 unspecified atom stereocenters. The van der Waals surface area contributed by atoms with Crippen molar-refractivity contribution in [2.45, 2.75) is 40.0 Å². The molecule has 1 saturated heterocycles. The minimum atomic E-state index is -0.0217. The second-order valence-corrected chi connectivity index (χ2v) is 5.96. The Morgan fingerprint density at radius 2 is 2.10 bits per heavy atom.